The summed E-state index contributed by atoms with van der Waals surface area (Å²) in [5.74, 6) is 0. The van der Waals surface area contributed by atoms with E-state index in [-0.39, 0.29) is 0 Å². The zero-order valence-corrected chi connectivity index (χ0v) is 10.3. The number of aromatic amines is 1. The second kappa shape index (κ2) is 4.89. The fourth-order valence-electron chi connectivity index (χ4n) is 2.09. The van der Waals surface area contributed by atoms with Crippen molar-refractivity contribution in [2.24, 2.45) is 0 Å². The molecule has 0 unspecified atom stereocenters. The quantitative estimate of drug-likeness (QED) is 0.833. The third kappa shape index (κ3) is 3.16. The Hall–Kier alpha value is -0.690. The van der Waals surface area contributed by atoms with Gasteiger partial charge in [-0.15, -0.1) is 11.8 Å². The van der Waals surface area contributed by atoms with Crippen LogP contribution in [0.15, 0.2) is 5.03 Å². The van der Waals surface area contributed by atoms with Crippen LogP contribution in [0.4, 0.5) is 13.2 Å². The Labute approximate surface area is 102 Å². The molecule has 1 aliphatic rings. The van der Waals surface area contributed by atoms with E-state index < -0.39 is 12.7 Å². The van der Waals surface area contributed by atoms with Gasteiger partial charge in [0.1, 0.15) is 5.03 Å². The normalized spacial score (nSPS) is 17.9. The fraction of sp³-hybridized carbons (Fsp3) is 0.700. The number of hydrogen-bond acceptors (Lipinski definition) is 3. The number of nitrogens with one attached hydrogen (secondary N) is 1. The van der Waals surface area contributed by atoms with Gasteiger partial charge in [-0.3, -0.25) is 10.00 Å². The molecule has 0 aromatic carbocycles. The van der Waals surface area contributed by atoms with Crippen molar-refractivity contribution in [2.45, 2.75) is 30.6 Å². The molecule has 0 saturated heterocycles. The number of nitrogens with zero attached hydrogens (tertiary/aromatic N) is 2. The van der Waals surface area contributed by atoms with E-state index in [1.54, 1.807) is 0 Å². The van der Waals surface area contributed by atoms with E-state index in [1.165, 1.54) is 16.7 Å². The minimum atomic E-state index is -4.13. The summed E-state index contributed by atoms with van der Waals surface area (Å²) in [5.41, 5.74) is 1.92. The lowest BCUT2D eigenvalue weighted by Crippen LogP contribution is -2.34. The van der Waals surface area contributed by atoms with Crippen LogP contribution >= 0.6 is 11.8 Å². The van der Waals surface area contributed by atoms with Crippen LogP contribution in [0.25, 0.3) is 0 Å². The molecule has 0 atom stereocenters. The lowest BCUT2D eigenvalue weighted by Gasteiger charge is -2.21. The van der Waals surface area contributed by atoms with E-state index in [0.29, 0.717) is 13.1 Å². The van der Waals surface area contributed by atoms with Crippen molar-refractivity contribution in [3.05, 3.63) is 11.3 Å². The third-order valence-electron chi connectivity index (χ3n) is 2.79. The molecule has 0 saturated carbocycles. The highest BCUT2D eigenvalue weighted by atomic mass is 32.2. The molecule has 1 aromatic rings. The molecule has 2 rings (SSSR count). The van der Waals surface area contributed by atoms with Crippen LogP contribution in [-0.2, 0) is 13.0 Å². The van der Waals surface area contributed by atoms with Gasteiger partial charge in [0.15, 0.2) is 0 Å². The third-order valence-corrected chi connectivity index (χ3v) is 3.52. The molecule has 1 N–H and O–H groups in total. The molecule has 1 aliphatic heterocycles. The summed E-state index contributed by atoms with van der Waals surface area (Å²) in [4.78, 5) is 1.45. The largest absolute Gasteiger partial charge is 0.401 e. The first kappa shape index (κ1) is 12.8. The number of halogens is 3. The van der Waals surface area contributed by atoms with Gasteiger partial charge in [-0.1, -0.05) is 0 Å². The van der Waals surface area contributed by atoms with Crippen molar-refractivity contribution in [3.63, 3.8) is 0 Å². The molecule has 2 heterocycles. The predicted molar refractivity (Wildman–Crippen MR) is 60.0 cm³/mol. The molecule has 0 radical (unpaired) electrons. The molecular formula is C10H14F3N3S. The molecule has 0 bridgehead atoms. The number of thioether (sulfide) groups is 1. The van der Waals surface area contributed by atoms with Gasteiger partial charge >= 0.3 is 6.18 Å². The average molecular weight is 265 g/mol. The van der Waals surface area contributed by atoms with Gasteiger partial charge in [-0.25, -0.2) is 0 Å². The number of hydrogen-bond donors (Lipinski definition) is 1. The number of aryl methyl sites for hydroxylation is 1. The highest BCUT2D eigenvalue weighted by molar-refractivity contribution is 7.98. The van der Waals surface area contributed by atoms with Crippen molar-refractivity contribution >= 4 is 11.8 Å². The first-order valence-electron chi connectivity index (χ1n) is 5.39. The van der Waals surface area contributed by atoms with E-state index >= 15 is 0 Å². The maximum Gasteiger partial charge on any atom is 0.401 e. The van der Waals surface area contributed by atoms with Gasteiger partial charge in [-0.05, 0) is 25.6 Å². The summed E-state index contributed by atoms with van der Waals surface area (Å²) >= 11 is 1.47. The van der Waals surface area contributed by atoms with Crippen LogP contribution in [0, 0.1) is 0 Å². The maximum atomic E-state index is 12.4. The van der Waals surface area contributed by atoms with Crippen molar-refractivity contribution in [1.29, 1.82) is 0 Å². The van der Waals surface area contributed by atoms with Gasteiger partial charge in [0.2, 0.25) is 0 Å². The SMILES string of the molecule is CSc1n[nH]c2c1CN(CC(F)(F)F)CCC2. The zero-order chi connectivity index (χ0) is 12.5. The van der Waals surface area contributed by atoms with E-state index in [4.69, 9.17) is 0 Å². The number of rotatable bonds is 2. The van der Waals surface area contributed by atoms with Gasteiger partial charge in [0.05, 0.1) is 6.54 Å². The van der Waals surface area contributed by atoms with Crippen LogP contribution in [-0.4, -0.2) is 40.6 Å². The summed E-state index contributed by atoms with van der Waals surface area (Å²) in [6.07, 6.45) is -0.737. The number of aromatic nitrogens is 2. The smallest absolute Gasteiger partial charge is 0.291 e. The number of H-pyrrole nitrogens is 1. The topological polar surface area (TPSA) is 31.9 Å². The van der Waals surface area contributed by atoms with Crippen molar-refractivity contribution in [1.82, 2.24) is 15.1 Å². The summed E-state index contributed by atoms with van der Waals surface area (Å²) < 4.78 is 37.2. The molecule has 0 fully saturated rings. The first-order valence-corrected chi connectivity index (χ1v) is 6.61. The van der Waals surface area contributed by atoms with E-state index in [1.807, 2.05) is 6.26 Å². The Morgan fingerprint density at radius 1 is 1.47 bits per heavy atom. The summed E-state index contributed by atoms with van der Waals surface area (Å²) in [6, 6.07) is 0. The lowest BCUT2D eigenvalue weighted by atomic mass is 10.2. The Morgan fingerprint density at radius 2 is 2.24 bits per heavy atom. The van der Waals surface area contributed by atoms with Crippen LogP contribution < -0.4 is 0 Å². The van der Waals surface area contributed by atoms with Gasteiger partial charge < -0.3 is 0 Å². The van der Waals surface area contributed by atoms with Gasteiger partial charge in [-0.2, -0.15) is 18.3 Å². The molecule has 3 nitrogen and oxygen atoms in total. The second-order valence-electron chi connectivity index (χ2n) is 4.12. The predicted octanol–water partition coefficient (Wildman–Crippen LogP) is 2.44. The molecule has 0 amide bonds. The van der Waals surface area contributed by atoms with E-state index in [9.17, 15) is 13.2 Å². The van der Waals surface area contributed by atoms with Crippen LogP contribution in [0.3, 0.4) is 0 Å². The van der Waals surface area contributed by atoms with Crippen molar-refractivity contribution in [2.75, 3.05) is 19.3 Å². The minimum Gasteiger partial charge on any atom is -0.291 e. The first-order chi connectivity index (χ1) is 7.99. The standard InChI is InChI=1S/C10H14F3N3S/c1-17-9-7-5-16(6-10(11,12)13)4-2-3-8(7)14-15-9/h2-6H2,1H3,(H,14,15). The Bertz CT molecular complexity index is 389. The second-order valence-corrected chi connectivity index (χ2v) is 4.91. The molecule has 0 spiro atoms. The Kier molecular flexibility index (Phi) is 3.67. The lowest BCUT2D eigenvalue weighted by molar-refractivity contribution is -0.147. The Morgan fingerprint density at radius 3 is 2.88 bits per heavy atom. The summed E-state index contributed by atoms with van der Waals surface area (Å²) in [5, 5.41) is 7.85. The molecule has 17 heavy (non-hydrogen) atoms. The summed E-state index contributed by atoms with van der Waals surface area (Å²) in [7, 11) is 0. The fourth-order valence-corrected chi connectivity index (χ4v) is 2.66. The van der Waals surface area contributed by atoms with Gasteiger partial charge in [0.25, 0.3) is 0 Å². The highest BCUT2D eigenvalue weighted by Gasteiger charge is 2.32. The Balaban J connectivity index is 2.15. The minimum absolute atomic E-state index is 0.335. The van der Waals surface area contributed by atoms with Crippen molar-refractivity contribution < 1.29 is 13.2 Å². The molecule has 0 aliphatic carbocycles. The highest BCUT2D eigenvalue weighted by Crippen LogP contribution is 2.27. The van der Waals surface area contributed by atoms with Crippen LogP contribution in [0.5, 0.6) is 0 Å². The molecule has 7 heteroatoms. The summed E-state index contributed by atoms with van der Waals surface area (Å²) in [6.45, 7) is -0.0250. The molecule has 96 valence electrons. The van der Waals surface area contributed by atoms with Gasteiger partial charge in [0, 0.05) is 17.8 Å². The number of fused-ring (bicyclic) bond motifs is 1. The molecule has 1 aromatic heterocycles. The van der Waals surface area contributed by atoms with E-state index in [0.717, 1.165) is 29.1 Å². The monoisotopic (exact) mass is 265 g/mol. The van der Waals surface area contributed by atoms with Crippen LogP contribution in [0.2, 0.25) is 0 Å². The number of alkyl halides is 3. The van der Waals surface area contributed by atoms with Crippen molar-refractivity contribution in [3.8, 4) is 0 Å². The van der Waals surface area contributed by atoms with E-state index in [2.05, 4.69) is 10.2 Å². The maximum absolute atomic E-state index is 12.4. The zero-order valence-electron chi connectivity index (χ0n) is 9.47. The molecular weight excluding hydrogens is 251 g/mol. The van der Waals surface area contributed by atoms with Crippen LogP contribution in [0.1, 0.15) is 17.7 Å². The average Bonchev–Trinajstić information content (AvgIpc) is 2.48.